The van der Waals surface area contributed by atoms with E-state index < -0.39 is 17.7 Å². The monoisotopic (exact) mass is 327 g/mol. The maximum Gasteiger partial charge on any atom is 0.144 e. The predicted octanol–water partition coefficient (Wildman–Crippen LogP) is 4.54. The van der Waals surface area contributed by atoms with Gasteiger partial charge in [-0.3, -0.25) is 0 Å². The lowest BCUT2D eigenvalue weighted by Crippen LogP contribution is -2.07. The summed E-state index contributed by atoms with van der Waals surface area (Å²) in [5.41, 5.74) is 6.30. The fourth-order valence-electron chi connectivity index (χ4n) is 1.64. The highest BCUT2D eigenvalue weighted by atomic mass is 79.9. The van der Waals surface area contributed by atoms with Gasteiger partial charge in [0.1, 0.15) is 23.1 Å². The highest BCUT2D eigenvalue weighted by Crippen LogP contribution is 2.34. The summed E-state index contributed by atoms with van der Waals surface area (Å²) >= 11 is 3.27. The van der Waals surface area contributed by atoms with Gasteiger partial charge in [-0.05, 0) is 53.2 Å². The summed E-state index contributed by atoms with van der Waals surface area (Å²) in [6.07, 6.45) is 0. The van der Waals surface area contributed by atoms with Crippen LogP contribution in [-0.4, -0.2) is 0 Å². The normalized spacial score (nSPS) is 12.3. The molecular weight excluding hydrogens is 316 g/mol. The van der Waals surface area contributed by atoms with Crippen molar-refractivity contribution in [1.29, 1.82) is 0 Å². The van der Waals surface area contributed by atoms with Gasteiger partial charge < -0.3 is 10.5 Å². The molecule has 0 aliphatic carbocycles. The lowest BCUT2D eigenvalue weighted by atomic mass is 10.1. The quantitative estimate of drug-likeness (QED) is 0.898. The van der Waals surface area contributed by atoms with Gasteiger partial charge in [0.15, 0.2) is 0 Å². The summed E-state index contributed by atoms with van der Waals surface area (Å²) in [4.78, 5) is 0. The number of nitrogens with two attached hydrogens (primary N) is 1. The topological polar surface area (TPSA) is 35.2 Å². The van der Waals surface area contributed by atoms with Crippen LogP contribution >= 0.6 is 15.9 Å². The van der Waals surface area contributed by atoms with Gasteiger partial charge in [0.05, 0.1) is 4.47 Å². The van der Waals surface area contributed by atoms with Crippen molar-refractivity contribution in [3.8, 4) is 11.5 Å². The first-order valence-corrected chi connectivity index (χ1v) is 6.44. The van der Waals surface area contributed by atoms with Gasteiger partial charge >= 0.3 is 0 Å². The standard InChI is InChI=1S/C14H12BrF2NO/c1-8(18)11-6-9(16)3-5-13(11)19-14-7-10(17)2-4-12(14)15/h2-8H,18H2,1H3/t8-/m1/s1. The molecule has 0 aliphatic heterocycles. The van der Waals surface area contributed by atoms with Crippen molar-refractivity contribution >= 4 is 15.9 Å². The Bertz CT molecular complexity index is 602. The molecule has 0 bridgehead atoms. The van der Waals surface area contributed by atoms with Crippen molar-refractivity contribution in [3.63, 3.8) is 0 Å². The van der Waals surface area contributed by atoms with Crippen molar-refractivity contribution in [2.24, 2.45) is 5.73 Å². The molecule has 0 aliphatic rings. The molecular formula is C14H12BrF2NO. The molecule has 5 heteroatoms. The zero-order chi connectivity index (χ0) is 14.0. The Morgan fingerprint density at radius 2 is 1.68 bits per heavy atom. The number of halogens is 3. The van der Waals surface area contributed by atoms with Crippen LogP contribution in [-0.2, 0) is 0 Å². The molecule has 0 saturated carbocycles. The van der Waals surface area contributed by atoms with Crippen LogP contribution in [0.4, 0.5) is 8.78 Å². The van der Waals surface area contributed by atoms with Gasteiger partial charge in [-0.15, -0.1) is 0 Å². The van der Waals surface area contributed by atoms with Crippen LogP contribution in [0.2, 0.25) is 0 Å². The van der Waals surface area contributed by atoms with Crippen LogP contribution < -0.4 is 10.5 Å². The number of benzene rings is 2. The molecule has 0 unspecified atom stereocenters. The summed E-state index contributed by atoms with van der Waals surface area (Å²) in [5, 5.41) is 0. The van der Waals surface area contributed by atoms with E-state index in [2.05, 4.69) is 15.9 Å². The Balaban J connectivity index is 2.40. The van der Waals surface area contributed by atoms with E-state index in [0.717, 1.165) is 0 Å². The maximum absolute atomic E-state index is 13.2. The van der Waals surface area contributed by atoms with Crippen LogP contribution in [0.25, 0.3) is 0 Å². The van der Waals surface area contributed by atoms with Crippen molar-refractivity contribution in [2.45, 2.75) is 13.0 Å². The second-order valence-corrected chi connectivity index (χ2v) is 5.00. The Hall–Kier alpha value is -1.46. The first-order valence-electron chi connectivity index (χ1n) is 5.65. The van der Waals surface area contributed by atoms with Gasteiger partial charge in [-0.25, -0.2) is 8.78 Å². The summed E-state index contributed by atoms with van der Waals surface area (Å²) in [7, 11) is 0. The molecule has 2 rings (SSSR count). The first-order chi connectivity index (χ1) is 8.97. The average Bonchev–Trinajstić information content (AvgIpc) is 2.35. The number of hydrogen-bond acceptors (Lipinski definition) is 2. The smallest absolute Gasteiger partial charge is 0.144 e. The predicted molar refractivity (Wildman–Crippen MR) is 73.2 cm³/mol. The zero-order valence-electron chi connectivity index (χ0n) is 10.2. The van der Waals surface area contributed by atoms with E-state index in [9.17, 15) is 8.78 Å². The third-order valence-electron chi connectivity index (χ3n) is 2.58. The zero-order valence-corrected chi connectivity index (χ0v) is 11.7. The number of hydrogen-bond donors (Lipinski definition) is 1. The highest BCUT2D eigenvalue weighted by molar-refractivity contribution is 9.10. The van der Waals surface area contributed by atoms with Gasteiger partial charge in [0.25, 0.3) is 0 Å². The summed E-state index contributed by atoms with van der Waals surface area (Å²) in [5.74, 6) is -0.0863. The molecule has 0 spiro atoms. The fraction of sp³-hybridized carbons (Fsp3) is 0.143. The molecule has 0 saturated heterocycles. The van der Waals surface area contributed by atoms with Gasteiger partial charge in [-0.1, -0.05) is 0 Å². The van der Waals surface area contributed by atoms with Crippen molar-refractivity contribution in [1.82, 2.24) is 0 Å². The minimum absolute atomic E-state index is 0.313. The summed E-state index contributed by atoms with van der Waals surface area (Å²) in [6, 6.07) is 7.78. The summed E-state index contributed by atoms with van der Waals surface area (Å²) in [6.45, 7) is 1.72. The average molecular weight is 328 g/mol. The molecule has 0 amide bonds. The van der Waals surface area contributed by atoms with E-state index in [0.29, 0.717) is 21.5 Å². The van der Waals surface area contributed by atoms with E-state index in [-0.39, 0.29) is 0 Å². The van der Waals surface area contributed by atoms with Gasteiger partial charge in [-0.2, -0.15) is 0 Å². The Kier molecular flexibility index (Phi) is 4.17. The summed E-state index contributed by atoms with van der Waals surface area (Å²) < 4.78 is 32.6. The van der Waals surface area contributed by atoms with Crippen molar-refractivity contribution in [2.75, 3.05) is 0 Å². The van der Waals surface area contributed by atoms with Crippen molar-refractivity contribution < 1.29 is 13.5 Å². The molecule has 100 valence electrons. The second kappa shape index (κ2) is 5.67. The number of rotatable bonds is 3. The Labute approximate surface area is 118 Å². The van der Waals surface area contributed by atoms with E-state index in [4.69, 9.17) is 10.5 Å². The molecule has 2 aromatic rings. The van der Waals surface area contributed by atoms with E-state index in [1.54, 1.807) is 13.0 Å². The lowest BCUT2D eigenvalue weighted by Gasteiger charge is -2.14. The van der Waals surface area contributed by atoms with Gasteiger partial charge in [0, 0.05) is 17.7 Å². The van der Waals surface area contributed by atoms with Crippen LogP contribution in [0.5, 0.6) is 11.5 Å². The van der Waals surface area contributed by atoms with E-state index >= 15 is 0 Å². The minimum Gasteiger partial charge on any atom is -0.456 e. The second-order valence-electron chi connectivity index (χ2n) is 4.15. The van der Waals surface area contributed by atoms with Crippen LogP contribution in [0.1, 0.15) is 18.5 Å². The first kappa shape index (κ1) is 14.0. The SMILES string of the molecule is C[C@@H](N)c1cc(F)ccc1Oc1cc(F)ccc1Br. The third kappa shape index (κ3) is 3.30. The van der Waals surface area contributed by atoms with Crippen molar-refractivity contribution in [3.05, 3.63) is 58.1 Å². The minimum atomic E-state index is -0.414. The van der Waals surface area contributed by atoms with Gasteiger partial charge in [0.2, 0.25) is 0 Å². The largest absolute Gasteiger partial charge is 0.456 e. The molecule has 0 heterocycles. The van der Waals surface area contributed by atoms with Crippen LogP contribution in [0.3, 0.4) is 0 Å². The molecule has 2 N–H and O–H groups in total. The molecule has 0 fully saturated rings. The van der Waals surface area contributed by atoms with E-state index in [1.165, 1.54) is 30.3 Å². The lowest BCUT2D eigenvalue weighted by molar-refractivity contribution is 0.461. The highest BCUT2D eigenvalue weighted by Gasteiger charge is 2.12. The molecule has 0 aromatic heterocycles. The Morgan fingerprint density at radius 1 is 1.05 bits per heavy atom. The molecule has 1 atom stereocenters. The molecule has 19 heavy (non-hydrogen) atoms. The molecule has 0 radical (unpaired) electrons. The third-order valence-corrected chi connectivity index (χ3v) is 3.23. The number of ether oxygens (including phenoxy) is 1. The molecule has 2 aromatic carbocycles. The fourth-order valence-corrected chi connectivity index (χ4v) is 1.97. The van der Waals surface area contributed by atoms with Crippen LogP contribution in [0, 0.1) is 11.6 Å². The van der Waals surface area contributed by atoms with Crippen LogP contribution in [0.15, 0.2) is 40.9 Å². The van der Waals surface area contributed by atoms with E-state index in [1.807, 2.05) is 0 Å². The molecule has 2 nitrogen and oxygen atoms in total. The Morgan fingerprint density at radius 3 is 2.37 bits per heavy atom. The maximum atomic E-state index is 13.2.